The third-order valence-electron chi connectivity index (χ3n) is 1.93. The molecule has 0 saturated carbocycles. The minimum absolute atomic E-state index is 0.230. The van der Waals surface area contributed by atoms with E-state index in [4.69, 9.17) is 0 Å². The molecular formula is C12H11NO2. The van der Waals surface area contributed by atoms with Gasteiger partial charge < -0.3 is 5.32 Å². The third kappa shape index (κ3) is 2.40. The number of anilines is 1. The maximum absolute atomic E-state index is 10.9. The van der Waals surface area contributed by atoms with Crippen LogP contribution in [0.3, 0.4) is 0 Å². The Morgan fingerprint density at radius 1 is 1.27 bits per heavy atom. The lowest BCUT2D eigenvalue weighted by Crippen LogP contribution is -2.13. The summed E-state index contributed by atoms with van der Waals surface area (Å²) in [5.74, 6) is -0.681. The summed E-state index contributed by atoms with van der Waals surface area (Å²) in [7, 11) is 0. The first-order chi connectivity index (χ1) is 7.22. The molecule has 76 valence electrons. The zero-order valence-corrected chi connectivity index (χ0v) is 8.19. The van der Waals surface area contributed by atoms with Crippen LogP contribution < -0.4 is 5.32 Å². The van der Waals surface area contributed by atoms with Gasteiger partial charge in [0.25, 0.3) is 5.91 Å². The van der Waals surface area contributed by atoms with Crippen molar-refractivity contribution in [2.24, 2.45) is 0 Å². The fraction of sp³-hybridized carbons (Fsp3) is 0. The van der Waals surface area contributed by atoms with Crippen LogP contribution in [0.15, 0.2) is 31.4 Å². The van der Waals surface area contributed by atoms with Gasteiger partial charge in [-0.05, 0) is 11.6 Å². The van der Waals surface area contributed by atoms with Gasteiger partial charge in [0, 0.05) is 11.3 Å². The summed E-state index contributed by atoms with van der Waals surface area (Å²) in [5.41, 5.74) is 2.16. The fourth-order valence-electron chi connectivity index (χ4n) is 1.26. The molecule has 1 amide bonds. The molecule has 1 N–H and O–H groups in total. The second-order valence-electron chi connectivity index (χ2n) is 2.82. The highest BCUT2D eigenvalue weighted by Crippen LogP contribution is 2.21. The highest BCUT2D eigenvalue weighted by Gasteiger charge is 2.05. The van der Waals surface area contributed by atoms with Gasteiger partial charge in [0.05, 0.1) is 0 Å². The van der Waals surface area contributed by atoms with E-state index in [0.29, 0.717) is 5.69 Å². The van der Waals surface area contributed by atoms with Crippen LogP contribution >= 0.6 is 0 Å². The Morgan fingerprint density at radius 3 is 2.53 bits per heavy atom. The maximum Gasteiger partial charge on any atom is 0.288 e. The van der Waals surface area contributed by atoms with E-state index in [1.54, 1.807) is 24.3 Å². The minimum atomic E-state index is -0.681. The lowest BCUT2D eigenvalue weighted by atomic mass is 10.1. The molecule has 0 spiro atoms. The Bertz CT molecular complexity index is 422. The molecule has 0 radical (unpaired) electrons. The summed E-state index contributed by atoms with van der Waals surface area (Å²) in [6, 6.07) is 5.32. The summed E-state index contributed by atoms with van der Waals surface area (Å²) in [5, 5.41) is 2.46. The molecule has 1 aromatic rings. The van der Waals surface area contributed by atoms with Gasteiger partial charge in [-0.15, -0.1) is 0 Å². The van der Waals surface area contributed by atoms with Crippen LogP contribution in [0.1, 0.15) is 11.1 Å². The number of carbonyl (C=O) groups excluding carboxylic acids is 2. The second-order valence-corrected chi connectivity index (χ2v) is 2.82. The van der Waals surface area contributed by atoms with E-state index in [2.05, 4.69) is 18.5 Å². The summed E-state index contributed by atoms with van der Waals surface area (Å²) in [6.45, 7) is 7.30. The highest BCUT2D eigenvalue weighted by molar-refractivity contribution is 6.29. The smallest absolute Gasteiger partial charge is 0.288 e. The van der Waals surface area contributed by atoms with E-state index in [9.17, 15) is 9.59 Å². The average molecular weight is 201 g/mol. The number of hydrogen-bond donors (Lipinski definition) is 1. The standard InChI is InChI=1S/C12H11NO2/c1-3-9-6-5-7-11(10(9)4-2)13-12(15)8-14/h3-8H,1-2H2,(H,13,15). The van der Waals surface area contributed by atoms with E-state index in [1.807, 2.05) is 6.07 Å². The molecule has 0 aromatic heterocycles. The zero-order chi connectivity index (χ0) is 11.3. The number of amides is 1. The average Bonchev–Trinajstić information content (AvgIpc) is 2.28. The van der Waals surface area contributed by atoms with E-state index in [-0.39, 0.29) is 6.29 Å². The molecule has 1 rings (SSSR count). The fourth-order valence-corrected chi connectivity index (χ4v) is 1.26. The van der Waals surface area contributed by atoms with E-state index in [1.165, 1.54) is 0 Å². The topological polar surface area (TPSA) is 46.2 Å². The molecule has 1 aromatic carbocycles. The van der Waals surface area contributed by atoms with Crippen LogP contribution in [0.25, 0.3) is 12.2 Å². The number of rotatable bonds is 4. The van der Waals surface area contributed by atoms with E-state index in [0.717, 1.165) is 11.1 Å². The first-order valence-corrected chi connectivity index (χ1v) is 4.37. The van der Waals surface area contributed by atoms with Gasteiger partial charge in [0.1, 0.15) is 0 Å². The summed E-state index contributed by atoms with van der Waals surface area (Å²) in [6.07, 6.45) is 3.50. The number of aldehydes is 1. The summed E-state index contributed by atoms with van der Waals surface area (Å²) < 4.78 is 0. The lowest BCUT2D eigenvalue weighted by Gasteiger charge is -2.08. The van der Waals surface area contributed by atoms with Crippen molar-refractivity contribution in [3.05, 3.63) is 42.5 Å². The molecule has 0 atom stereocenters. The SMILES string of the molecule is C=Cc1cccc(NC(=O)C=O)c1C=C. The summed E-state index contributed by atoms with van der Waals surface area (Å²) in [4.78, 5) is 21.1. The number of nitrogens with one attached hydrogen (secondary N) is 1. The predicted molar refractivity (Wildman–Crippen MR) is 61.3 cm³/mol. The molecule has 15 heavy (non-hydrogen) atoms. The van der Waals surface area contributed by atoms with Gasteiger partial charge in [0.2, 0.25) is 6.29 Å². The maximum atomic E-state index is 10.9. The Kier molecular flexibility index (Phi) is 3.57. The normalized spacial score (nSPS) is 9.07. The van der Waals surface area contributed by atoms with Crippen LogP contribution in [-0.2, 0) is 9.59 Å². The van der Waals surface area contributed by atoms with Crippen molar-refractivity contribution < 1.29 is 9.59 Å². The van der Waals surface area contributed by atoms with Crippen molar-refractivity contribution in [2.45, 2.75) is 0 Å². The molecule has 3 nitrogen and oxygen atoms in total. The zero-order valence-electron chi connectivity index (χ0n) is 8.19. The number of hydrogen-bond acceptors (Lipinski definition) is 2. The van der Waals surface area contributed by atoms with Crippen LogP contribution in [0.4, 0.5) is 5.69 Å². The Labute approximate surface area is 88.1 Å². The predicted octanol–water partition coefficient (Wildman–Crippen LogP) is 2.11. The van der Waals surface area contributed by atoms with Gasteiger partial charge in [0.15, 0.2) is 0 Å². The van der Waals surface area contributed by atoms with Crippen LogP contribution in [0.2, 0.25) is 0 Å². The first-order valence-electron chi connectivity index (χ1n) is 4.37. The van der Waals surface area contributed by atoms with Crippen molar-refractivity contribution in [3.8, 4) is 0 Å². The van der Waals surface area contributed by atoms with Crippen molar-refractivity contribution >= 4 is 30.0 Å². The Morgan fingerprint density at radius 2 is 2.00 bits per heavy atom. The molecule has 0 saturated heterocycles. The minimum Gasteiger partial charge on any atom is -0.319 e. The molecule has 0 aliphatic heterocycles. The molecule has 0 unspecified atom stereocenters. The third-order valence-corrected chi connectivity index (χ3v) is 1.93. The number of carbonyl (C=O) groups is 2. The molecule has 0 aliphatic carbocycles. The Hall–Kier alpha value is -2.16. The van der Waals surface area contributed by atoms with Crippen LogP contribution in [-0.4, -0.2) is 12.2 Å². The van der Waals surface area contributed by atoms with Crippen molar-refractivity contribution in [1.82, 2.24) is 0 Å². The van der Waals surface area contributed by atoms with Crippen molar-refractivity contribution in [2.75, 3.05) is 5.32 Å². The van der Waals surface area contributed by atoms with Gasteiger partial charge in [-0.2, -0.15) is 0 Å². The number of benzene rings is 1. The van der Waals surface area contributed by atoms with Crippen LogP contribution in [0.5, 0.6) is 0 Å². The van der Waals surface area contributed by atoms with Crippen molar-refractivity contribution in [1.29, 1.82) is 0 Å². The van der Waals surface area contributed by atoms with E-state index >= 15 is 0 Å². The van der Waals surface area contributed by atoms with E-state index < -0.39 is 5.91 Å². The van der Waals surface area contributed by atoms with Gasteiger partial charge in [-0.1, -0.05) is 37.4 Å². The van der Waals surface area contributed by atoms with Gasteiger partial charge in [-0.3, -0.25) is 9.59 Å². The molecule has 3 heteroatoms. The lowest BCUT2D eigenvalue weighted by molar-refractivity contribution is -0.127. The highest BCUT2D eigenvalue weighted by atomic mass is 16.2. The molecule has 0 heterocycles. The van der Waals surface area contributed by atoms with Crippen molar-refractivity contribution in [3.63, 3.8) is 0 Å². The molecular weight excluding hydrogens is 190 g/mol. The Balaban J connectivity index is 3.16. The van der Waals surface area contributed by atoms with Gasteiger partial charge >= 0.3 is 0 Å². The molecule has 0 bridgehead atoms. The first kappa shape index (κ1) is 10.9. The van der Waals surface area contributed by atoms with Crippen LogP contribution in [0, 0.1) is 0 Å². The quantitative estimate of drug-likeness (QED) is 0.599. The monoisotopic (exact) mass is 201 g/mol. The van der Waals surface area contributed by atoms with Gasteiger partial charge in [-0.25, -0.2) is 0 Å². The second kappa shape index (κ2) is 4.91. The molecule has 0 fully saturated rings. The largest absolute Gasteiger partial charge is 0.319 e. The summed E-state index contributed by atoms with van der Waals surface area (Å²) >= 11 is 0. The molecule has 0 aliphatic rings.